The zero-order valence-corrected chi connectivity index (χ0v) is 31.8. The Bertz CT molecular complexity index is 3250. The number of aromatic nitrogens is 1. The standard InChI is InChI=1S/C56H38N2/c1-4-15-40(16-5-1)48-36-33-47(38-53(48)42-17-6-2-7-18-42)57(54-26-14-21-41-19-10-12-24-49(41)54)46-31-27-39(28-32-46)44-30-34-51-52-35-29-43-20-11-13-25-50(43)56(52)58(55(51)37-44)45-22-8-3-9-23-45/h1-38H. The van der Waals surface area contributed by atoms with Crippen molar-refractivity contribution in [2.45, 2.75) is 0 Å². The predicted octanol–water partition coefficient (Wildman–Crippen LogP) is 15.6. The summed E-state index contributed by atoms with van der Waals surface area (Å²) in [6, 6.07) is 83.7. The van der Waals surface area contributed by atoms with Gasteiger partial charge in [0, 0.05) is 38.6 Å². The van der Waals surface area contributed by atoms with Crippen molar-refractivity contribution in [2.24, 2.45) is 0 Å². The van der Waals surface area contributed by atoms with E-state index in [1.54, 1.807) is 0 Å². The van der Waals surface area contributed by atoms with E-state index in [0.717, 1.165) is 22.7 Å². The Kier molecular flexibility index (Phi) is 8.19. The molecule has 0 atom stereocenters. The summed E-state index contributed by atoms with van der Waals surface area (Å²) in [5, 5.41) is 7.42. The highest BCUT2D eigenvalue weighted by molar-refractivity contribution is 6.19. The number of fused-ring (bicyclic) bond motifs is 6. The zero-order chi connectivity index (χ0) is 38.4. The summed E-state index contributed by atoms with van der Waals surface area (Å²) in [7, 11) is 0. The van der Waals surface area contributed by atoms with Gasteiger partial charge in [-0.3, -0.25) is 0 Å². The van der Waals surface area contributed by atoms with E-state index in [1.165, 1.54) is 76.7 Å². The SMILES string of the molecule is c1ccc(-c2ccc(N(c3ccc(-c4ccc5c6ccc7ccccc7c6n(-c6ccccc6)c5c4)cc3)c3cccc4ccccc34)cc2-c2ccccc2)cc1. The van der Waals surface area contributed by atoms with Crippen LogP contribution in [0.3, 0.4) is 0 Å². The lowest BCUT2D eigenvalue weighted by atomic mass is 9.93. The fourth-order valence-electron chi connectivity index (χ4n) is 8.83. The van der Waals surface area contributed by atoms with Gasteiger partial charge >= 0.3 is 0 Å². The van der Waals surface area contributed by atoms with Gasteiger partial charge < -0.3 is 9.47 Å². The molecular weight excluding hydrogens is 701 g/mol. The predicted molar refractivity (Wildman–Crippen MR) is 247 cm³/mol. The maximum Gasteiger partial charge on any atom is 0.0619 e. The third-order valence-electron chi connectivity index (χ3n) is 11.6. The minimum atomic E-state index is 1.09. The first-order chi connectivity index (χ1) is 28.8. The number of anilines is 3. The van der Waals surface area contributed by atoms with Gasteiger partial charge in [0.25, 0.3) is 0 Å². The molecule has 0 aliphatic carbocycles. The number of benzene rings is 10. The first-order valence-corrected chi connectivity index (χ1v) is 19.9. The van der Waals surface area contributed by atoms with E-state index in [2.05, 4.69) is 240 Å². The minimum absolute atomic E-state index is 1.09. The van der Waals surface area contributed by atoms with Gasteiger partial charge in [-0.05, 0) is 92.7 Å². The van der Waals surface area contributed by atoms with Gasteiger partial charge in [0.1, 0.15) is 0 Å². The summed E-state index contributed by atoms with van der Waals surface area (Å²) in [6.07, 6.45) is 0. The lowest BCUT2D eigenvalue weighted by molar-refractivity contribution is 1.19. The van der Waals surface area contributed by atoms with E-state index in [0.29, 0.717) is 0 Å². The van der Waals surface area contributed by atoms with Gasteiger partial charge in [0.15, 0.2) is 0 Å². The van der Waals surface area contributed by atoms with E-state index < -0.39 is 0 Å². The molecule has 0 amide bonds. The van der Waals surface area contributed by atoms with Crippen LogP contribution in [0.25, 0.3) is 82.4 Å². The highest BCUT2D eigenvalue weighted by atomic mass is 15.1. The summed E-state index contributed by atoms with van der Waals surface area (Å²) in [5.41, 5.74) is 14.1. The lowest BCUT2D eigenvalue weighted by Crippen LogP contribution is -2.10. The summed E-state index contributed by atoms with van der Waals surface area (Å²) in [6.45, 7) is 0. The highest BCUT2D eigenvalue weighted by Crippen LogP contribution is 2.44. The quantitative estimate of drug-likeness (QED) is 0.158. The minimum Gasteiger partial charge on any atom is -0.310 e. The van der Waals surface area contributed by atoms with Crippen molar-refractivity contribution < 1.29 is 0 Å². The molecule has 0 unspecified atom stereocenters. The van der Waals surface area contributed by atoms with Gasteiger partial charge in [-0.15, -0.1) is 0 Å². The molecule has 1 aromatic heterocycles. The van der Waals surface area contributed by atoms with Crippen molar-refractivity contribution in [3.05, 3.63) is 231 Å². The Hall–Kier alpha value is -7.68. The van der Waals surface area contributed by atoms with Crippen LogP contribution in [0.1, 0.15) is 0 Å². The van der Waals surface area contributed by atoms with E-state index in [4.69, 9.17) is 0 Å². The van der Waals surface area contributed by atoms with Crippen LogP contribution in [0.4, 0.5) is 17.1 Å². The Morgan fingerprint density at radius 2 is 0.879 bits per heavy atom. The zero-order valence-electron chi connectivity index (χ0n) is 31.8. The Morgan fingerprint density at radius 1 is 0.310 bits per heavy atom. The summed E-state index contributed by atoms with van der Waals surface area (Å²) in [5.74, 6) is 0. The number of hydrogen-bond acceptors (Lipinski definition) is 1. The molecule has 0 N–H and O–H groups in total. The van der Waals surface area contributed by atoms with E-state index in [-0.39, 0.29) is 0 Å². The van der Waals surface area contributed by atoms with Crippen molar-refractivity contribution in [1.82, 2.24) is 4.57 Å². The number of nitrogens with zero attached hydrogens (tertiary/aromatic N) is 2. The molecule has 58 heavy (non-hydrogen) atoms. The molecule has 0 aliphatic rings. The monoisotopic (exact) mass is 738 g/mol. The summed E-state index contributed by atoms with van der Waals surface area (Å²) < 4.78 is 2.44. The van der Waals surface area contributed by atoms with Crippen molar-refractivity contribution in [3.8, 4) is 39.1 Å². The van der Waals surface area contributed by atoms with Gasteiger partial charge in [0.05, 0.1) is 16.7 Å². The van der Waals surface area contributed by atoms with Crippen LogP contribution in [-0.2, 0) is 0 Å². The summed E-state index contributed by atoms with van der Waals surface area (Å²) in [4.78, 5) is 2.41. The third kappa shape index (κ3) is 5.74. The summed E-state index contributed by atoms with van der Waals surface area (Å²) >= 11 is 0. The molecule has 0 aliphatic heterocycles. The number of para-hydroxylation sites is 1. The third-order valence-corrected chi connectivity index (χ3v) is 11.6. The largest absolute Gasteiger partial charge is 0.310 e. The Morgan fingerprint density at radius 3 is 1.62 bits per heavy atom. The molecule has 0 radical (unpaired) electrons. The van der Waals surface area contributed by atoms with Gasteiger partial charge in [-0.25, -0.2) is 0 Å². The maximum absolute atomic E-state index is 2.44. The van der Waals surface area contributed by atoms with Gasteiger partial charge in [0.2, 0.25) is 0 Å². The van der Waals surface area contributed by atoms with Crippen LogP contribution < -0.4 is 4.90 Å². The van der Waals surface area contributed by atoms with Crippen molar-refractivity contribution >= 4 is 60.4 Å². The average molecular weight is 739 g/mol. The van der Waals surface area contributed by atoms with Crippen molar-refractivity contribution in [3.63, 3.8) is 0 Å². The second kappa shape index (κ2) is 14.1. The molecule has 2 nitrogen and oxygen atoms in total. The average Bonchev–Trinajstić information content (AvgIpc) is 3.64. The molecule has 0 saturated heterocycles. The van der Waals surface area contributed by atoms with E-state index in [1.807, 2.05) is 0 Å². The highest BCUT2D eigenvalue weighted by Gasteiger charge is 2.20. The van der Waals surface area contributed by atoms with Crippen LogP contribution in [0.15, 0.2) is 231 Å². The van der Waals surface area contributed by atoms with Crippen LogP contribution in [-0.4, -0.2) is 4.57 Å². The second-order valence-electron chi connectivity index (χ2n) is 14.9. The molecule has 0 saturated carbocycles. The fraction of sp³-hybridized carbons (Fsp3) is 0. The van der Waals surface area contributed by atoms with Crippen LogP contribution in [0, 0.1) is 0 Å². The molecule has 11 aromatic rings. The van der Waals surface area contributed by atoms with Gasteiger partial charge in [-0.1, -0.05) is 182 Å². The molecule has 11 rings (SSSR count). The molecule has 0 fully saturated rings. The maximum atomic E-state index is 2.44. The molecule has 1 heterocycles. The normalized spacial score (nSPS) is 11.4. The van der Waals surface area contributed by atoms with Gasteiger partial charge in [-0.2, -0.15) is 0 Å². The molecular formula is C56H38N2. The Labute approximate surface area is 338 Å². The fourth-order valence-corrected chi connectivity index (χ4v) is 8.83. The Balaban J connectivity index is 1.08. The lowest BCUT2D eigenvalue weighted by Gasteiger charge is -2.28. The van der Waals surface area contributed by atoms with Crippen molar-refractivity contribution in [1.29, 1.82) is 0 Å². The van der Waals surface area contributed by atoms with Crippen LogP contribution >= 0.6 is 0 Å². The number of hydrogen-bond donors (Lipinski definition) is 0. The topological polar surface area (TPSA) is 8.17 Å². The molecule has 272 valence electrons. The molecule has 2 heteroatoms. The molecule has 0 bridgehead atoms. The van der Waals surface area contributed by atoms with Crippen LogP contribution in [0.2, 0.25) is 0 Å². The van der Waals surface area contributed by atoms with Crippen LogP contribution in [0.5, 0.6) is 0 Å². The number of rotatable bonds is 7. The van der Waals surface area contributed by atoms with E-state index >= 15 is 0 Å². The molecule has 10 aromatic carbocycles. The second-order valence-corrected chi connectivity index (χ2v) is 14.9. The van der Waals surface area contributed by atoms with E-state index in [9.17, 15) is 0 Å². The first-order valence-electron chi connectivity index (χ1n) is 19.9. The first kappa shape index (κ1) is 33.6. The molecule has 0 spiro atoms. The van der Waals surface area contributed by atoms with Crippen molar-refractivity contribution in [2.75, 3.05) is 4.90 Å². The smallest absolute Gasteiger partial charge is 0.0619 e.